The standard InChI is InChI=1S/C20H29N7O2.C5H10O/c1-3-4-7-26(8-9-28)19-18-16(23-20(22)24-19)13-27(25-18)12-15-6-5-14(11-21)10-17(15)29-2;1-6-5-3-2-4-5/h5-6,10,13,28H,3-4,7-9,11-12,21H2,1-2H3,(H2,22,23);5H,2-4H2,1H3. The second-order valence-electron chi connectivity index (χ2n) is 8.67. The van der Waals surface area contributed by atoms with E-state index < -0.39 is 0 Å². The minimum atomic E-state index is 0.0283. The van der Waals surface area contributed by atoms with E-state index in [9.17, 15) is 5.11 Å². The number of methoxy groups -OCH3 is 2. The third-order valence-electron chi connectivity index (χ3n) is 6.17. The number of aliphatic hydroxyl groups is 1. The van der Waals surface area contributed by atoms with E-state index in [0.717, 1.165) is 36.3 Å². The minimum Gasteiger partial charge on any atom is -0.496 e. The molecule has 1 aliphatic carbocycles. The van der Waals surface area contributed by atoms with Gasteiger partial charge in [-0.3, -0.25) is 4.68 Å². The first-order valence-electron chi connectivity index (χ1n) is 12.3. The summed E-state index contributed by atoms with van der Waals surface area (Å²) in [7, 11) is 3.42. The molecule has 0 unspecified atom stereocenters. The molecule has 10 nitrogen and oxygen atoms in total. The monoisotopic (exact) mass is 485 g/mol. The van der Waals surface area contributed by atoms with Gasteiger partial charge in [0.15, 0.2) is 11.3 Å². The van der Waals surface area contributed by atoms with Crippen LogP contribution in [-0.4, -0.2) is 64.9 Å². The van der Waals surface area contributed by atoms with Gasteiger partial charge >= 0.3 is 0 Å². The highest BCUT2D eigenvalue weighted by atomic mass is 16.5. The first-order chi connectivity index (χ1) is 17.0. The number of hydrogen-bond donors (Lipinski definition) is 3. The SMILES string of the molecule is CCCCN(CCO)c1nc(N)nc2cn(Cc3ccc(CN)cc3OC)nc12.COC1CCC1. The van der Waals surface area contributed by atoms with Gasteiger partial charge in [0.1, 0.15) is 11.3 Å². The topological polar surface area (TPSA) is 138 Å². The van der Waals surface area contributed by atoms with Crippen molar-refractivity contribution in [2.75, 3.05) is 44.5 Å². The number of rotatable bonds is 11. The fourth-order valence-corrected chi connectivity index (χ4v) is 3.88. The Kier molecular flexibility index (Phi) is 10.1. The van der Waals surface area contributed by atoms with Gasteiger partial charge in [-0.15, -0.1) is 0 Å². The van der Waals surface area contributed by atoms with E-state index in [1.807, 2.05) is 29.3 Å². The quantitative estimate of drug-likeness (QED) is 0.374. The Labute approximate surface area is 207 Å². The highest BCUT2D eigenvalue weighted by molar-refractivity contribution is 5.86. The minimum absolute atomic E-state index is 0.0283. The summed E-state index contributed by atoms with van der Waals surface area (Å²) in [6.45, 7) is 4.36. The van der Waals surface area contributed by atoms with Crippen molar-refractivity contribution < 1.29 is 14.6 Å². The van der Waals surface area contributed by atoms with Gasteiger partial charge in [0.2, 0.25) is 5.95 Å². The van der Waals surface area contributed by atoms with E-state index in [4.69, 9.17) is 26.0 Å². The molecule has 3 aromatic rings. The van der Waals surface area contributed by atoms with Gasteiger partial charge in [-0.25, -0.2) is 4.98 Å². The lowest BCUT2D eigenvalue weighted by Gasteiger charge is -2.22. The first-order valence-corrected chi connectivity index (χ1v) is 12.3. The predicted molar refractivity (Wildman–Crippen MR) is 139 cm³/mol. The number of nitrogen functional groups attached to an aromatic ring is 1. The molecule has 35 heavy (non-hydrogen) atoms. The molecule has 192 valence electrons. The molecule has 2 aromatic heterocycles. The molecular formula is C25H39N7O3. The highest BCUT2D eigenvalue weighted by Crippen LogP contribution is 2.26. The Morgan fingerprint density at radius 2 is 2.00 bits per heavy atom. The Morgan fingerprint density at radius 1 is 1.20 bits per heavy atom. The van der Waals surface area contributed by atoms with Gasteiger partial charge in [0.25, 0.3) is 0 Å². The maximum Gasteiger partial charge on any atom is 0.222 e. The number of aliphatic hydroxyl groups excluding tert-OH is 1. The van der Waals surface area contributed by atoms with Crippen molar-refractivity contribution in [3.8, 4) is 5.75 Å². The molecule has 0 amide bonds. The molecule has 2 heterocycles. The van der Waals surface area contributed by atoms with Gasteiger partial charge in [-0.1, -0.05) is 25.5 Å². The Bertz CT molecular complexity index is 1070. The van der Waals surface area contributed by atoms with Crippen LogP contribution in [0.1, 0.15) is 50.2 Å². The van der Waals surface area contributed by atoms with Crippen molar-refractivity contribution in [3.63, 3.8) is 0 Å². The molecular weight excluding hydrogens is 446 g/mol. The zero-order chi connectivity index (χ0) is 25.2. The molecule has 1 aromatic carbocycles. The lowest BCUT2D eigenvalue weighted by atomic mass is 9.96. The number of nitrogens with zero attached hydrogens (tertiary/aromatic N) is 5. The van der Waals surface area contributed by atoms with E-state index in [1.165, 1.54) is 19.3 Å². The predicted octanol–water partition coefficient (Wildman–Crippen LogP) is 2.71. The number of aromatic nitrogens is 4. The number of ether oxygens (including phenoxy) is 2. The molecule has 0 saturated heterocycles. The van der Waals surface area contributed by atoms with E-state index in [0.29, 0.717) is 42.6 Å². The van der Waals surface area contributed by atoms with Crippen LogP contribution in [0.5, 0.6) is 5.75 Å². The average Bonchev–Trinajstić information content (AvgIpc) is 3.23. The van der Waals surface area contributed by atoms with Crippen molar-refractivity contribution >= 4 is 22.8 Å². The van der Waals surface area contributed by atoms with Crippen LogP contribution in [0.15, 0.2) is 24.4 Å². The summed E-state index contributed by atoms with van der Waals surface area (Å²) in [5, 5.41) is 14.2. The largest absolute Gasteiger partial charge is 0.496 e. The third kappa shape index (κ3) is 7.03. The van der Waals surface area contributed by atoms with E-state index in [1.54, 1.807) is 18.9 Å². The number of anilines is 2. The average molecular weight is 486 g/mol. The maximum atomic E-state index is 9.47. The lowest BCUT2D eigenvalue weighted by Crippen LogP contribution is -2.29. The summed E-state index contributed by atoms with van der Waals surface area (Å²) < 4.78 is 12.3. The van der Waals surface area contributed by atoms with Crippen LogP contribution in [0.3, 0.4) is 0 Å². The van der Waals surface area contributed by atoms with Crippen molar-refractivity contribution in [3.05, 3.63) is 35.5 Å². The molecule has 0 atom stereocenters. The number of benzene rings is 1. The number of hydrogen-bond acceptors (Lipinski definition) is 9. The smallest absolute Gasteiger partial charge is 0.222 e. The van der Waals surface area contributed by atoms with Crippen LogP contribution in [0.4, 0.5) is 11.8 Å². The van der Waals surface area contributed by atoms with E-state index in [2.05, 4.69) is 16.9 Å². The van der Waals surface area contributed by atoms with Gasteiger partial charge in [0, 0.05) is 32.3 Å². The fourth-order valence-electron chi connectivity index (χ4n) is 3.88. The first kappa shape index (κ1) is 26.7. The van der Waals surface area contributed by atoms with Crippen LogP contribution in [0.25, 0.3) is 11.0 Å². The van der Waals surface area contributed by atoms with Crippen LogP contribution in [-0.2, 0) is 17.8 Å². The van der Waals surface area contributed by atoms with Gasteiger partial charge in [-0.2, -0.15) is 10.1 Å². The molecule has 1 fully saturated rings. The van der Waals surface area contributed by atoms with Gasteiger partial charge < -0.3 is 30.9 Å². The molecule has 0 aliphatic heterocycles. The van der Waals surface area contributed by atoms with E-state index in [-0.39, 0.29) is 12.6 Å². The van der Waals surface area contributed by atoms with Crippen molar-refractivity contribution in [2.24, 2.45) is 5.73 Å². The Morgan fingerprint density at radius 3 is 2.57 bits per heavy atom. The van der Waals surface area contributed by atoms with Crippen LogP contribution < -0.4 is 21.1 Å². The zero-order valence-electron chi connectivity index (χ0n) is 21.1. The molecule has 1 aliphatic rings. The highest BCUT2D eigenvalue weighted by Gasteiger charge is 2.18. The lowest BCUT2D eigenvalue weighted by molar-refractivity contribution is 0.0412. The number of fused-ring (bicyclic) bond motifs is 1. The van der Waals surface area contributed by atoms with Gasteiger partial charge in [-0.05, 0) is 37.3 Å². The van der Waals surface area contributed by atoms with Crippen molar-refractivity contribution in [2.45, 2.75) is 58.2 Å². The van der Waals surface area contributed by atoms with Crippen molar-refractivity contribution in [1.29, 1.82) is 0 Å². The van der Waals surface area contributed by atoms with Crippen molar-refractivity contribution in [1.82, 2.24) is 19.7 Å². The molecule has 0 spiro atoms. The summed E-state index contributed by atoms with van der Waals surface area (Å²) >= 11 is 0. The Hall–Kier alpha value is -2.95. The fraction of sp³-hybridized carbons (Fsp3) is 0.560. The Balaban J connectivity index is 0.000000497. The van der Waals surface area contributed by atoms with Crippen LogP contribution in [0, 0.1) is 0 Å². The second-order valence-corrected chi connectivity index (χ2v) is 8.67. The van der Waals surface area contributed by atoms with Crippen LogP contribution in [0.2, 0.25) is 0 Å². The number of nitrogens with two attached hydrogens (primary N) is 2. The summed E-state index contributed by atoms with van der Waals surface area (Å²) in [6, 6.07) is 5.92. The summed E-state index contributed by atoms with van der Waals surface area (Å²) in [4.78, 5) is 10.8. The molecule has 0 radical (unpaired) electrons. The number of unbranched alkanes of at least 4 members (excludes halogenated alkanes) is 1. The summed E-state index contributed by atoms with van der Waals surface area (Å²) in [6.07, 6.45) is 8.44. The maximum absolute atomic E-state index is 9.47. The molecule has 4 rings (SSSR count). The van der Waals surface area contributed by atoms with Gasteiger partial charge in [0.05, 0.1) is 32.6 Å². The third-order valence-corrected chi connectivity index (χ3v) is 6.17. The summed E-state index contributed by atoms with van der Waals surface area (Å²) in [5.74, 6) is 1.61. The molecule has 10 heteroatoms. The molecule has 0 bridgehead atoms. The summed E-state index contributed by atoms with van der Waals surface area (Å²) in [5.41, 5.74) is 15.0. The molecule has 1 saturated carbocycles. The van der Waals surface area contributed by atoms with E-state index >= 15 is 0 Å². The normalized spacial score (nSPS) is 13.3. The zero-order valence-corrected chi connectivity index (χ0v) is 21.1. The molecule has 5 N–H and O–H groups in total. The van der Waals surface area contributed by atoms with Crippen LogP contribution >= 0.6 is 0 Å². The second kappa shape index (κ2) is 13.2.